The Morgan fingerprint density at radius 1 is 1.13 bits per heavy atom. The zero-order chi connectivity index (χ0) is 9.47. The summed E-state index contributed by atoms with van der Waals surface area (Å²) in [6.45, 7) is 6.88. The molecule has 15 heavy (non-hydrogen) atoms. The van der Waals surface area contributed by atoms with Gasteiger partial charge in [-0.1, -0.05) is 45.2 Å². The van der Waals surface area contributed by atoms with Crippen molar-refractivity contribution in [3.8, 4) is 0 Å². The second-order valence-corrected chi connectivity index (χ2v) is 4.87. The first-order valence-electron chi connectivity index (χ1n) is 5.04. The molecule has 0 atom stereocenters. The molecule has 1 aromatic carbocycles. The second-order valence-electron chi connectivity index (χ2n) is 4.87. The van der Waals surface area contributed by atoms with Gasteiger partial charge in [-0.2, -0.15) is 18.1 Å². The Balaban J connectivity index is 0.000000980. The van der Waals surface area contributed by atoms with Gasteiger partial charge in [-0.3, -0.25) is 0 Å². The Hall–Kier alpha value is 2.70. The van der Waals surface area contributed by atoms with Gasteiger partial charge in [0, 0.05) is 0 Å². The van der Waals surface area contributed by atoms with Gasteiger partial charge in [0.25, 0.3) is 0 Å². The van der Waals surface area contributed by atoms with Crippen molar-refractivity contribution in [2.24, 2.45) is 0 Å². The van der Waals surface area contributed by atoms with Crippen LogP contribution in [0.25, 0.3) is 0 Å². The fourth-order valence-electron chi connectivity index (χ4n) is 2.15. The van der Waals surface area contributed by atoms with E-state index in [-0.39, 0.29) is 116 Å². The first-order valence-corrected chi connectivity index (χ1v) is 5.04. The summed E-state index contributed by atoms with van der Waals surface area (Å²) in [4.78, 5) is 0. The summed E-state index contributed by atoms with van der Waals surface area (Å²) in [7, 11) is 0. The van der Waals surface area contributed by atoms with Crippen molar-refractivity contribution in [2.45, 2.75) is 39.0 Å². The van der Waals surface area contributed by atoms with Crippen LogP contribution >= 0.6 is 0 Å². The molecule has 0 amide bonds. The van der Waals surface area contributed by atoms with Gasteiger partial charge in [0.2, 0.25) is 0 Å². The summed E-state index contributed by atoms with van der Waals surface area (Å²) in [6.07, 6.45) is 4.82. The van der Waals surface area contributed by atoms with Crippen molar-refractivity contribution >= 4 is 0 Å². The van der Waals surface area contributed by atoms with Gasteiger partial charge in [-0.25, -0.2) is 0 Å². The maximum absolute atomic E-state index is 2.35. The smallest absolute Gasteiger partial charge is 0.189 e. The van der Waals surface area contributed by atoms with Gasteiger partial charge in [0.15, 0.2) is 0 Å². The van der Waals surface area contributed by atoms with E-state index in [4.69, 9.17) is 0 Å². The maximum Gasteiger partial charge on any atom is 1.00 e. The molecule has 0 saturated carbocycles. The van der Waals surface area contributed by atoms with E-state index in [0.29, 0.717) is 5.41 Å². The van der Waals surface area contributed by atoms with Crippen molar-refractivity contribution in [3.05, 3.63) is 41.3 Å². The van der Waals surface area contributed by atoms with E-state index in [1.54, 1.807) is 5.56 Å². The molecular weight excluding hydrogens is 327 g/mol. The fourth-order valence-corrected chi connectivity index (χ4v) is 2.15. The van der Waals surface area contributed by atoms with Crippen LogP contribution in [0.15, 0.2) is 18.2 Å². The summed E-state index contributed by atoms with van der Waals surface area (Å²) in [6, 6.07) is 6.69. The van der Waals surface area contributed by atoms with E-state index in [9.17, 15) is 0 Å². The van der Waals surface area contributed by atoms with Crippen LogP contribution in [0, 0.1) is 6.42 Å². The van der Waals surface area contributed by atoms with Gasteiger partial charge >= 0.3 is 116 Å². The van der Waals surface area contributed by atoms with E-state index in [2.05, 4.69) is 45.4 Å². The SMILES string of the molecule is CC(C)(C)c1cccc2c1CC[CH-]2.[Rb+].[Rb+]. The average molecular weight is 344 g/mol. The Bertz CT molecular complexity index is 324. The van der Waals surface area contributed by atoms with Gasteiger partial charge in [0.05, 0.1) is 0 Å². The van der Waals surface area contributed by atoms with Crippen LogP contribution < -0.4 is 116 Å². The van der Waals surface area contributed by atoms with Gasteiger partial charge in [0.1, 0.15) is 0 Å². The predicted octanol–water partition coefficient (Wildman–Crippen LogP) is -2.51. The summed E-state index contributed by atoms with van der Waals surface area (Å²) in [5, 5.41) is 0. The van der Waals surface area contributed by atoms with E-state index < -0.39 is 0 Å². The number of hydrogen-bond acceptors (Lipinski definition) is 0. The van der Waals surface area contributed by atoms with E-state index in [1.165, 1.54) is 24.0 Å². The van der Waals surface area contributed by atoms with Gasteiger partial charge in [-0.05, 0) is 5.41 Å². The predicted molar refractivity (Wildman–Crippen MR) is 56.9 cm³/mol. The van der Waals surface area contributed by atoms with Gasteiger partial charge < -0.3 is 0 Å². The van der Waals surface area contributed by atoms with Crippen LogP contribution in [0.3, 0.4) is 0 Å². The van der Waals surface area contributed by atoms with Crippen molar-refractivity contribution < 1.29 is 116 Å². The Morgan fingerprint density at radius 2 is 1.80 bits per heavy atom. The standard InChI is InChI=1S/C13H17.2Rb/c1-13(2,3)12-9-5-7-10-6-4-8-11(10)12;;/h5-7,9H,4,8H2,1-3H3;;/q-1;2*+1. The molecule has 0 aromatic heterocycles. The van der Waals surface area contributed by atoms with Crippen LogP contribution in [0.5, 0.6) is 0 Å². The van der Waals surface area contributed by atoms with Crippen LogP contribution in [-0.4, -0.2) is 0 Å². The number of rotatable bonds is 0. The molecule has 0 bridgehead atoms. The van der Waals surface area contributed by atoms with Crippen LogP contribution in [0.4, 0.5) is 0 Å². The zero-order valence-corrected chi connectivity index (χ0v) is 20.6. The number of benzene rings is 1. The van der Waals surface area contributed by atoms with Crippen molar-refractivity contribution in [3.63, 3.8) is 0 Å². The third-order valence-corrected chi connectivity index (χ3v) is 2.78. The number of fused-ring (bicyclic) bond motifs is 1. The van der Waals surface area contributed by atoms with Crippen molar-refractivity contribution in [1.82, 2.24) is 0 Å². The monoisotopic (exact) mass is 343 g/mol. The van der Waals surface area contributed by atoms with Crippen LogP contribution in [-0.2, 0) is 11.8 Å². The van der Waals surface area contributed by atoms with Crippen LogP contribution in [0.1, 0.15) is 43.9 Å². The minimum Gasteiger partial charge on any atom is -0.189 e. The summed E-state index contributed by atoms with van der Waals surface area (Å²) >= 11 is 0. The largest absolute Gasteiger partial charge is 1.00 e. The maximum atomic E-state index is 2.35. The molecule has 0 saturated heterocycles. The van der Waals surface area contributed by atoms with Gasteiger partial charge in [-0.15, -0.1) is 11.6 Å². The molecule has 0 nitrogen and oxygen atoms in total. The van der Waals surface area contributed by atoms with Crippen molar-refractivity contribution in [1.29, 1.82) is 0 Å². The minimum absolute atomic E-state index is 0. The molecule has 0 spiro atoms. The third kappa shape index (κ3) is 4.38. The molecule has 1 aliphatic rings. The summed E-state index contributed by atoms with van der Waals surface area (Å²) in [5.41, 5.74) is 4.87. The van der Waals surface area contributed by atoms with E-state index >= 15 is 0 Å². The molecule has 1 aliphatic carbocycles. The van der Waals surface area contributed by atoms with Crippen molar-refractivity contribution in [2.75, 3.05) is 0 Å². The fraction of sp³-hybridized carbons (Fsp3) is 0.462. The second kappa shape index (κ2) is 7.33. The molecule has 0 radical (unpaired) electrons. The topological polar surface area (TPSA) is 0 Å². The molecular formula is C13H17Rb2+. The van der Waals surface area contributed by atoms with Crippen LogP contribution in [0.2, 0.25) is 0 Å². The first-order chi connectivity index (χ1) is 6.09. The van der Waals surface area contributed by atoms with E-state index in [1.807, 2.05) is 0 Å². The first kappa shape index (κ1) is 17.7. The molecule has 0 fully saturated rings. The molecule has 70 valence electrons. The summed E-state index contributed by atoms with van der Waals surface area (Å²) < 4.78 is 0. The van der Waals surface area contributed by atoms with E-state index in [0.717, 1.165) is 0 Å². The molecule has 0 unspecified atom stereocenters. The number of hydrogen-bond donors (Lipinski definition) is 0. The molecule has 0 N–H and O–H groups in total. The molecule has 2 rings (SSSR count). The molecule has 0 aliphatic heterocycles. The Kier molecular flexibility index (Phi) is 8.65. The Labute approximate surface area is 192 Å². The molecule has 0 heterocycles. The third-order valence-electron chi connectivity index (χ3n) is 2.78. The Morgan fingerprint density at radius 3 is 2.40 bits per heavy atom. The summed E-state index contributed by atoms with van der Waals surface area (Å²) in [5.74, 6) is 0. The quantitative estimate of drug-likeness (QED) is 0.457. The molecule has 1 aromatic rings. The normalized spacial score (nSPS) is 13.3. The zero-order valence-electron chi connectivity index (χ0n) is 10.7. The molecule has 2 heteroatoms. The average Bonchev–Trinajstić information content (AvgIpc) is 2.48. The minimum atomic E-state index is 0.